The Hall–Kier alpha value is -1.40. The van der Waals surface area contributed by atoms with Crippen molar-refractivity contribution >= 4 is 5.82 Å². The van der Waals surface area contributed by atoms with Crippen LogP contribution in [0.1, 0.15) is 12.7 Å². The second-order valence-corrected chi connectivity index (χ2v) is 5.54. The molecule has 0 amide bonds. The molecule has 1 fully saturated rings. The molecule has 1 N–H and O–H groups in total. The zero-order chi connectivity index (χ0) is 14.5. The standard InChI is InChI=1S/C14H25N5O/c1-4-12-15-13(11-14(20)16-12)19-9-7-18(8-10-19)6-5-17(2)3/h11H,4-10H2,1-3H3,(H,15,16,20). The normalized spacial score (nSPS) is 16.9. The van der Waals surface area contributed by atoms with Gasteiger partial charge in [0, 0.05) is 51.8 Å². The Labute approximate surface area is 120 Å². The molecule has 1 aliphatic rings. The summed E-state index contributed by atoms with van der Waals surface area (Å²) in [5, 5.41) is 0. The van der Waals surface area contributed by atoms with Crippen LogP contribution in [0.2, 0.25) is 0 Å². The van der Waals surface area contributed by atoms with E-state index in [2.05, 4.69) is 38.8 Å². The van der Waals surface area contributed by atoms with Gasteiger partial charge in [-0.2, -0.15) is 0 Å². The number of nitrogens with one attached hydrogen (secondary N) is 1. The Morgan fingerprint density at radius 1 is 1.30 bits per heavy atom. The van der Waals surface area contributed by atoms with E-state index >= 15 is 0 Å². The quantitative estimate of drug-likeness (QED) is 0.823. The van der Waals surface area contributed by atoms with Crippen LogP contribution in [0.25, 0.3) is 0 Å². The van der Waals surface area contributed by atoms with Gasteiger partial charge in [-0.05, 0) is 14.1 Å². The molecule has 2 rings (SSSR count). The summed E-state index contributed by atoms with van der Waals surface area (Å²) >= 11 is 0. The summed E-state index contributed by atoms with van der Waals surface area (Å²) in [6.45, 7) is 8.13. The van der Waals surface area contributed by atoms with Crippen LogP contribution in [0.15, 0.2) is 10.9 Å². The lowest BCUT2D eigenvalue weighted by molar-refractivity contribution is 0.229. The number of aryl methyl sites for hydroxylation is 1. The molecule has 0 spiro atoms. The summed E-state index contributed by atoms with van der Waals surface area (Å²) in [7, 11) is 4.20. The topological polar surface area (TPSA) is 55.5 Å². The number of nitrogens with zero attached hydrogens (tertiary/aromatic N) is 4. The van der Waals surface area contributed by atoms with Crippen molar-refractivity contribution in [2.45, 2.75) is 13.3 Å². The molecule has 0 aliphatic carbocycles. The third kappa shape index (κ3) is 4.05. The first-order valence-corrected chi connectivity index (χ1v) is 7.30. The van der Waals surface area contributed by atoms with E-state index in [0.29, 0.717) is 0 Å². The van der Waals surface area contributed by atoms with Crippen molar-refractivity contribution in [1.82, 2.24) is 19.8 Å². The summed E-state index contributed by atoms with van der Waals surface area (Å²) in [5.74, 6) is 1.58. The lowest BCUT2D eigenvalue weighted by atomic mass is 10.3. The van der Waals surface area contributed by atoms with Crippen molar-refractivity contribution in [3.05, 3.63) is 22.2 Å². The molecule has 20 heavy (non-hydrogen) atoms. The van der Waals surface area contributed by atoms with E-state index in [4.69, 9.17) is 0 Å². The van der Waals surface area contributed by atoms with Crippen LogP contribution in [-0.4, -0.2) is 73.1 Å². The van der Waals surface area contributed by atoms with Gasteiger partial charge in [-0.1, -0.05) is 6.92 Å². The minimum Gasteiger partial charge on any atom is -0.354 e. The maximum Gasteiger partial charge on any atom is 0.252 e. The van der Waals surface area contributed by atoms with Crippen LogP contribution < -0.4 is 10.5 Å². The monoisotopic (exact) mass is 279 g/mol. The number of hydrogen-bond acceptors (Lipinski definition) is 5. The zero-order valence-corrected chi connectivity index (χ0v) is 12.7. The Bertz CT molecular complexity index is 477. The van der Waals surface area contributed by atoms with E-state index < -0.39 is 0 Å². The molecule has 0 aromatic carbocycles. The summed E-state index contributed by atoms with van der Waals surface area (Å²) in [6.07, 6.45) is 0.756. The van der Waals surface area contributed by atoms with Gasteiger partial charge in [0.05, 0.1) is 0 Å². The molecule has 0 radical (unpaired) electrons. The largest absolute Gasteiger partial charge is 0.354 e. The maximum atomic E-state index is 11.6. The molecule has 6 heteroatoms. The highest BCUT2D eigenvalue weighted by Crippen LogP contribution is 2.11. The van der Waals surface area contributed by atoms with Gasteiger partial charge in [0.25, 0.3) is 5.56 Å². The lowest BCUT2D eigenvalue weighted by Gasteiger charge is -2.35. The number of aromatic nitrogens is 2. The Kier molecular flexibility index (Phi) is 5.14. The lowest BCUT2D eigenvalue weighted by Crippen LogP contribution is -2.48. The zero-order valence-electron chi connectivity index (χ0n) is 12.7. The number of likely N-dealkylation sites (N-methyl/N-ethyl adjacent to an activating group) is 1. The molecule has 0 bridgehead atoms. The van der Waals surface area contributed by atoms with E-state index in [9.17, 15) is 4.79 Å². The predicted molar refractivity (Wildman–Crippen MR) is 81.4 cm³/mol. The second-order valence-electron chi connectivity index (χ2n) is 5.54. The summed E-state index contributed by atoms with van der Waals surface area (Å²) in [6, 6.07) is 1.61. The minimum absolute atomic E-state index is 0.0538. The Balaban J connectivity index is 1.93. The molecule has 1 aromatic heterocycles. The average Bonchev–Trinajstić information content (AvgIpc) is 2.45. The molecule has 112 valence electrons. The van der Waals surface area contributed by atoms with Crippen LogP contribution in [0.3, 0.4) is 0 Å². The van der Waals surface area contributed by atoms with Crippen LogP contribution >= 0.6 is 0 Å². The SMILES string of the molecule is CCc1nc(N2CCN(CCN(C)C)CC2)cc(=O)[nH]1. The third-order valence-corrected chi connectivity index (χ3v) is 3.67. The van der Waals surface area contributed by atoms with Gasteiger partial charge >= 0.3 is 0 Å². The van der Waals surface area contributed by atoms with Gasteiger partial charge in [-0.3, -0.25) is 9.69 Å². The molecule has 0 atom stereocenters. The van der Waals surface area contributed by atoms with Gasteiger partial charge in [0.1, 0.15) is 11.6 Å². The molecule has 1 aromatic rings. The molecular formula is C14H25N5O. The van der Waals surface area contributed by atoms with E-state index in [0.717, 1.165) is 57.3 Å². The summed E-state index contributed by atoms with van der Waals surface area (Å²) in [4.78, 5) is 25.8. The van der Waals surface area contributed by atoms with E-state index in [-0.39, 0.29) is 5.56 Å². The highest BCUT2D eigenvalue weighted by atomic mass is 16.1. The maximum absolute atomic E-state index is 11.6. The number of rotatable bonds is 5. The fourth-order valence-corrected chi connectivity index (χ4v) is 2.37. The van der Waals surface area contributed by atoms with Crippen LogP contribution in [0.4, 0.5) is 5.82 Å². The van der Waals surface area contributed by atoms with Gasteiger partial charge < -0.3 is 14.8 Å². The number of aromatic amines is 1. The first-order chi connectivity index (χ1) is 9.58. The van der Waals surface area contributed by atoms with E-state index in [1.165, 1.54) is 0 Å². The molecular weight excluding hydrogens is 254 g/mol. The fraction of sp³-hybridized carbons (Fsp3) is 0.714. The fourth-order valence-electron chi connectivity index (χ4n) is 2.37. The first kappa shape index (κ1) is 15.0. The number of anilines is 1. The Morgan fingerprint density at radius 2 is 2.00 bits per heavy atom. The molecule has 6 nitrogen and oxygen atoms in total. The molecule has 1 saturated heterocycles. The van der Waals surface area contributed by atoms with Crippen molar-refractivity contribution < 1.29 is 0 Å². The molecule has 0 unspecified atom stereocenters. The van der Waals surface area contributed by atoms with Crippen LogP contribution in [0, 0.1) is 0 Å². The van der Waals surface area contributed by atoms with E-state index in [1.807, 2.05) is 6.92 Å². The summed E-state index contributed by atoms with van der Waals surface area (Å²) in [5.41, 5.74) is -0.0538. The van der Waals surface area contributed by atoms with Crippen molar-refractivity contribution in [3.63, 3.8) is 0 Å². The van der Waals surface area contributed by atoms with Gasteiger partial charge in [0.2, 0.25) is 0 Å². The smallest absolute Gasteiger partial charge is 0.252 e. The van der Waals surface area contributed by atoms with Crippen molar-refractivity contribution in [2.24, 2.45) is 0 Å². The number of H-pyrrole nitrogens is 1. The van der Waals surface area contributed by atoms with Gasteiger partial charge in [-0.15, -0.1) is 0 Å². The number of hydrogen-bond donors (Lipinski definition) is 1. The van der Waals surface area contributed by atoms with Crippen molar-refractivity contribution in [3.8, 4) is 0 Å². The predicted octanol–water partition coefficient (Wildman–Crippen LogP) is 0.0159. The number of piperazine rings is 1. The first-order valence-electron chi connectivity index (χ1n) is 7.30. The highest BCUT2D eigenvalue weighted by molar-refractivity contribution is 5.38. The molecule has 2 heterocycles. The van der Waals surface area contributed by atoms with E-state index in [1.54, 1.807) is 6.07 Å². The summed E-state index contributed by atoms with van der Waals surface area (Å²) < 4.78 is 0. The van der Waals surface area contributed by atoms with Gasteiger partial charge in [0.15, 0.2) is 0 Å². The molecule has 0 saturated carbocycles. The highest BCUT2D eigenvalue weighted by Gasteiger charge is 2.18. The van der Waals surface area contributed by atoms with Crippen LogP contribution in [-0.2, 0) is 6.42 Å². The second kappa shape index (κ2) is 6.85. The Morgan fingerprint density at radius 3 is 2.60 bits per heavy atom. The van der Waals surface area contributed by atoms with Crippen LogP contribution in [0.5, 0.6) is 0 Å². The minimum atomic E-state index is -0.0538. The van der Waals surface area contributed by atoms with Crippen molar-refractivity contribution in [1.29, 1.82) is 0 Å². The van der Waals surface area contributed by atoms with Crippen molar-refractivity contribution in [2.75, 3.05) is 58.3 Å². The molecule has 1 aliphatic heterocycles. The average molecular weight is 279 g/mol. The van der Waals surface area contributed by atoms with Gasteiger partial charge in [-0.25, -0.2) is 4.98 Å². The third-order valence-electron chi connectivity index (χ3n) is 3.67.